The maximum Gasteiger partial charge on any atom is 0.164 e. The highest BCUT2D eigenvalue weighted by Crippen LogP contribution is 2.35. The molecule has 0 N–H and O–H groups in total. The third-order valence-electron chi connectivity index (χ3n) is 8.44. The molecule has 6 aromatic carbocycles. The van der Waals surface area contributed by atoms with Gasteiger partial charge in [0.2, 0.25) is 0 Å². The van der Waals surface area contributed by atoms with Crippen LogP contribution in [0.1, 0.15) is 5.56 Å². The quantitative estimate of drug-likeness (QED) is 0.207. The van der Waals surface area contributed by atoms with Crippen molar-refractivity contribution in [2.75, 3.05) is 0 Å². The van der Waals surface area contributed by atoms with E-state index in [0.29, 0.717) is 17.5 Å². The van der Waals surface area contributed by atoms with Crippen LogP contribution in [-0.2, 0) is 0 Å². The Morgan fingerprint density at radius 1 is 0.356 bits per heavy atom. The Morgan fingerprint density at radius 3 is 1.24 bits per heavy atom. The standard InChI is InChI=1S/C40H25N3O2/c1-24-10-12-25(13-11-24)26-14-16-27(17-15-26)38-41-39(28-18-20-32-30-6-2-4-8-34(30)44-36(32)22-28)43-40(42-38)29-19-21-33-31-7-3-5-9-35(31)45-37(33)23-29/h2-23H,1H3. The van der Waals surface area contributed by atoms with Gasteiger partial charge < -0.3 is 8.83 Å². The molecule has 0 aliphatic heterocycles. The van der Waals surface area contributed by atoms with Crippen LogP contribution >= 0.6 is 0 Å². The molecule has 0 saturated heterocycles. The molecule has 0 aliphatic carbocycles. The average Bonchev–Trinajstić information content (AvgIpc) is 3.66. The fourth-order valence-electron chi connectivity index (χ4n) is 6.05. The highest BCUT2D eigenvalue weighted by atomic mass is 16.3. The Hall–Kier alpha value is -6.07. The van der Waals surface area contributed by atoms with E-state index in [-0.39, 0.29) is 0 Å². The molecule has 0 amide bonds. The Kier molecular flexibility index (Phi) is 5.65. The topological polar surface area (TPSA) is 65.0 Å². The van der Waals surface area contributed by atoms with Gasteiger partial charge in [-0.15, -0.1) is 0 Å². The zero-order chi connectivity index (χ0) is 29.9. The van der Waals surface area contributed by atoms with Crippen LogP contribution in [0.4, 0.5) is 0 Å². The second-order valence-electron chi connectivity index (χ2n) is 11.4. The molecule has 9 aromatic rings. The van der Waals surface area contributed by atoms with Crippen molar-refractivity contribution in [3.63, 3.8) is 0 Å². The van der Waals surface area contributed by atoms with Gasteiger partial charge in [0.25, 0.3) is 0 Å². The summed E-state index contributed by atoms with van der Waals surface area (Å²) in [7, 11) is 0. The SMILES string of the molecule is Cc1ccc(-c2ccc(-c3nc(-c4ccc5c(c4)oc4ccccc45)nc(-c4ccc5c(c4)oc4ccccc45)n3)cc2)cc1. The second kappa shape index (κ2) is 10.00. The summed E-state index contributed by atoms with van der Waals surface area (Å²) in [5.41, 5.74) is 9.46. The Labute approximate surface area is 258 Å². The first-order valence-corrected chi connectivity index (χ1v) is 14.9. The molecule has 5 heteroatoms. The molecule has 0 unspecified atom stereocenters. The summed E-state index contributed by atoms with van der Waals surface area (Å²) in [4.78, 5) is 15.0. The molecule has 0 spiro atoms. The van der Waals surface area contributed by atoms with Gasteiger partial charge in [0.15, 0.2) is 17.5 Å². The van der Waals surface area contributed by atoms with Gasteiger partial charge in [0, 0.05) is 38.2 Å². The number of benzene rings is 6. The molecule has 0 radical (unpaired) electrons. The lowest BCUT2D eigenvalue weighted by Gasteiger charge is -2.09. The van der Waals surface area contributed by atoms with Crippen molar-refractivity contribution in [1.29, 1.82) is 0 Å². The van der Waals surface area contributed by atoms with Gasteiger partial charge in [-0.3, -0.25) is 0 Å². The van der Waals surface area contributed by atoms with Crippen LogP contribution in [-0.4, -0.2) is 15.0 Å². The first-order chi connectivity index (χ1) is 22.2. The van der Waals surface area contributed by atoms with Crippen LogP contribution in [0.25, 0.3) is 89.2 Å². The third-order valence-corrected chi connectivity index (χ3v) is 8.44. The molecule has 0 atom stereocenters. The van der Waals surface area contributed by atoms with E-state index in [4.69, 9.17) is 23.8 Å². The molecular formula is C40H25N3O2. The van der Waals surface area contributed by atoms with Crippen LogP contribution in [0.3, 0.4) is 0 Å². The number of rotatable bonds is 4. The molecular weight excluding hydrogens is 554 g/mol. The minimum Gasteiger partial charge on any atom is -0.456 e. The number of nitrogens with zero attached hydrogens (tertiary/aromatic N) is 3. The Morgan fingerprint density at radius 2 is 0.733 bits per heavy atom. The molecule has 3 aromatic heterocycles. The maximum atomic E-state index is 6.20. The summed E-state index contributed by atoms with van der Waals surface area (Å²) < 4.78 is 12.4. The van der Waals surface area contributed by atoms with Gasteiger partial charge in [-0.2, -0.15) is 0 Å². The molecule has 0 saturated carbocycles. The van der Waals surface area contributed by atoms with Crippen LogP contribution in [0.2, 0.25) is 0 Å². The minimum absolute atomic E-state index is 0.574. The summed E-state index contributed by atoms with van der Waals surface area (Å²) in [6, 6.07) is 45.4. The summed E-state index contributed by atoms with van der Waals surface area (Å²) in [5, 5.41) is 4.30. The molecule has 0 fully saturated rings. The van der Waals surface area contributed by atoms with Crippen molar-refractivity contribution in [3.05, 3.63) is 139 Å². The number of para-hydroxylation sites is 2. The fourth-order valence-corrected chi connectivity index (χ4v) is 6.05. The van der Waals surface area contributed by atoms with Crippen LogP contribution in [0, 0.1) is 6.92 Å². The predicted molar refractivity (Wildman–Crippen MR) is 181 cm³/mol. The minimum atomic E-state index is 0.574. The van der Waals surface area contributed by atoms with E-state index >= 15 is 0 Å². The van der Waals surface area contributed by atoms with Crippen molar-refractivity contribution < 1.29 is 8.83 Å². The fraction of sp³-hybridized carbons (Fsp3) is 0.0250. The largest absolute Gasteiger partial charge is 0.456 e. The molecule has 9 rings (SSSR count). The van der Waals surface area contributed by atoms with E-state index in [2.05, 4.69) is 91.9 Å². The number of hydrogen-bond acceptors (Lipinski definition) is 5. The molecule has 3 heterocycles. The van der Waals surface area contributed by atoms with Crippen molar-refractivity contribution in [2.24, 2.45) is 0 Å². The number of aryl methyl sites for hydroxylation is 1. The van der Waals surface area contributed by atoms with Gasteiger partial charge in [-0.25, -0.2) is 15.0 Å². The summed E-state index contributed by atoms with van der Waals surface area (Å²) in [5.74, 6) is 1.74. The van der Waals surface area contributed by atoms with Gasteiger partial charge in [0.1, 0.15) is 22.3 Å². The van der Waals surface area contributed by atoms with E-state index in [1.807, 2.05) is 48.5 Å². The Bertz CT molecular complexity index is 2410. The van der Waals surface area contributed by atoms with E-state index in [9.17, 15) is 0 Å². The summed E-state index contributed by atoms with van der Waals surface area (Å²) in [6.07, 6.45) is 0. The molecule has 5 nitrogen and oxygen atoms in total. The monoisotopic (exact) mass is 579 g/mol. The summed E-state index contributed by atoms with van der Waals surface area (Å²) in [6.45, 7) is 2.10. The van der Waals surface area contributed by atoms with Crippen LogP contribution in [0.5, 0.6) is 0 Å². The van der Waals surface area contributed by atoms with Crippen LogP contribution < -0.4 is 0 Å². The number of furan rings is 2. The highest BCUT2D eigenvalue weighted by molar-refractivity contribution is 6.06. The van der Waals surface area contributed by atoms with Gasteiger partial charge in [-0.05, 0) is 54.4 Å². The van der Waals surface area contributed by atoms with Crippen molar-refractivity contribution >= 4 is 43.9 Å². The van der Waals surface area contributed by atoms with E-state index < -0.39 is 0 Å². The number of aromatic nitrogens is 3. The molecule has 212 valence electrons. The zero-order valence-corrected chi connectivity index (χ0v) is 24.4. The van der Waals surface area contributed by atoms with Gasteiger partial charge in [0.05, 0.1) is 0 Å². The van der Waals surface area contributed by atoms with E-state index in [1.54, 1.807) is 0 Å². The lowest BCUT2D eigenvalue weighted by Crippen LogP contribution is -2.00. The number of fused-ring (bicyclic) bond motifs is 6. The number of hydrogen-bond donors (Lipinski definition) is 0. The lowest BCUT2D eigenvalue weighted by molar-refractivity contribution is 0.668. The van der Waals surface area contributed by atoms with Crippen molar-refractivity contribution in [2.45, 2.75) is 6.92 Å². The Balaban J connectivity index is 1.20. The predicted octanol–water partition coefficient (Wildman–Crippen LogP) is 10.6. The average molecular weight is 580 g/mol. The zero-order valence-electron chi connectivity index (χ0n) is 24.4. The molecule has 0 aliphatic rings. The van der Waals surface area contributed by atoms with Crippen molar-refractivity contribution in [3.8, 4) is 45.3 Å². The molecule has 0 bridgehead atoms. The first-order valence-electron chi connectivity index (χ1n) is 14.9. The van der Waals surface area contributed by atoms with Gasteiger partial charge >= 0.3 is 0 Å². The van der Waals surface area contributed by atoms with Crippen LogP contribution in [0.15, 0.2) is 142 Å². The smallest absolute Gasteiger partial charge is 0.164 e. The third kappa shape index (κ3) is 4.36. The van der Waals surface area contributed by atoms with Crippen molar-refractivity contribution in [1.82, 2.24) is 15.0 Å². The van der Waals surface area contributed by atoms with E-state index in [0.717, 1.165) is 66.1 Å². The summed E-state index contributed by atoms with van der Waals surface area (Å²) >= 11 is 0. The maximum absolute atomic E-state index is 6.20. The molecule has 45 heavy (non-hydrogen) atoms. The second-order valence-corrected chi connectivity index (χ2v) is 11.4. The normalized spacial score (nSPS) is 11.7. The van der Waals surface area contributed by atoms with E-state index in [1.165, 1.54) is 11.1 Å². The highest BCUT2D eigenvalue weighted by Gasteiger charge is 2.16. The first kappa shape index (κ1) is 25.4. The lowest BCUT2D eigenvalue weighted by atomic mass is 10.0. The van der Waals surface area contributed by atoms with Gasteiger partial charge in [-0.1, -0.05) is 103 Å².